The fraction of sp³-hybridized carbons (Fsp3) is 0.429. The third-order valence-electron chi connectivity index (χ3n) is 5.31. The van der Waals surface area contributed by atoms with Crippen molar-refractivity contribution >= 4 is 17.5 Å². The van der Waals surface area contributed by atoms with Crippen LogP contribution in [0.5, 0.6) is 5.75 Å². The van der Waals surface area contributed by atoms with Gasteiger partial charge in [-0.2, -0.15) is 0 Å². The fourth-order valence-corrected chi connectivity index (χ4v) is 3.42. The molecule has 2 atom stereocenters. The summed E-state index contributed by atoms with van der Waals surface area (Å²) < 4.78 is 11.5. The molecule has 142 valence electrons. The van der Waals surface area contributed by atoms with Gasteiger partial charge in [-0.25, -0.2) is 0 Å². The van der Waals surface area contributed by atoms with E-state index in [-0.39, 0.29) is 18.4 Å². The molecule has 1 fully saturated rings. The van der Waals surface area contributed by atoms with Crippen molar-refractivity contribution in [3.63, 3.8) is 0 Å². The summed E-state index contributed by atoms with van der Waals surface area (Å²) in [6.45, 7) is 2.61. The number of rotatable bonds is 6. The Hall–Kier alpha value is -2.76. The van der Waals surface area contributed by atoms with Gasteiger partial charge < -0.3 is 19.4 Å². The predicted molar refractivity (Wildman–Crippen MR) is 101 cm³/mol. The Morgan fingerprint density at radius 1 is 1.30 bits per heavy atom. The van der Waals surface area contributed by atoms with E-state index in [0.29, 0.717) is 37.0 Å². The van der Waals surface area contributed by atoms with Crippen LogP contribution < -0.4 is 10.1 Å². The molecule has 4 rings (SSSR count). The second-order valence-corrected chi connectivity index (χ2v) is 7.53. The van der Waals surface area contributed by atoms with Gasteiger partial charge in [-0.3, -0.25) is 9.59 Å². The second kappa shape index (κ2) is 7.10. The number of carbonyl (C=O) groups excluding carboxylic acids is 2. The van der Waals surface area contributed by atoms with Gasteiger partial charge in [0.2, 0.25) is 5.91 Å². The highest BCUT2D eigenvalue weighted by molar-refractivity contribution is 5.94. The van der Waals surface area contributed by atoms with Crippen LogP contribution in [0.2, 0.25) is 0 Å². The first kappa shape index (κ1) is 17.6. The van der Waals surface area contributed by atoms with E-state index in [4.69, 9.17) is 9.15 Å². The van der Waals surface area contributed by atoms with Gasteiger partial charge in [0.05, 0.1) is 6.54 Å². The van der Waals surface area contributed by atoms with Crippen LogP contribution in [0.25, 0.3) is 0 Å². The summed E-state index contributed by atoms with van der Waals surface area (Å²) in [6.07, 6.45) is 2.34. The van der Waals surface area contributed by atoms with Crippen molar-refractivity contribution in [1.82, 2.24) is 4.90 Å². The normalized spacial score (nSPS) is 20.6. The highest BCUT2D eigenvalue weighted by Gasteiger charge is 2.36. The molecule has 1 aliphatic carbocycles. The zero-order valence-corrected chi connectivity index (χ0v) is 15.7. The number of benzene rings is 1. The predicted octanol–water partition coefficient (Wildman–Crippen LogP) is 3.33. The maximum atomic E-state index is 12.4. The van der Waals surface area contributed by atoms with Crippen molar-refractivity contribution in [2.75, 3.05) is 19.0 Å². The first-order chi connectivity index (χ1) is 13.0. The lowest BCUT2D eigenvalue weighted by Gasteiger charge is -2.19. The number of aryl methyl sites for hydroxylation is 1. The molecule has 27 heavy (non-hydrogen) atoms. The molecule has 1 aliphatic heterocycles. The zero-order chi connectivity index (χ0) is 19.0. The molecule has 0 bridgehead atoms. The summed E-state index contributed by atoms with van der Waals surface area (Å²) in [5, 5.41) is 2.83. The number of nitrogens with one attached hydrogen (secondary N) is 1. The van der Waals surface area contributed by atoms with E-state index in [1.807, 2.05) is 24.3 Å². The van der Waals surface area contributed by atoms with Crippen LogP contribution in [0.1, 0.15) is 42.8 Å². The number of amides is 2. The number of hydrogen-bond donors (Lipinski definition) is 1. The van der Waals surface area contributed by atoms with Crippen molar-refractivity contribution < 1.29 is 18.7 Å². The molecular formula is C21H24N2O4. The Morgan fingerprint density at radius 2 is 2.11 bits per heavy atom. The molecule has 2 aromatic rings. The molecular weight excluding hydrogens is 344 g/mol. The van der Waals surface area contributed by atoms with Gasteiger partial charge in [0.1, 0.15) is 17.3 Å². The number of furan rings is 1. The van der Waals surface area contributed by atoms with Gasteiger partial charge in [0, 0.05) is 25.1 Å². The molecule has 1 aromatic carbocycles. The summed E-state index contributed by atoms with van der Waals surface area (Å²) in [5.41, 5.74) is 1.85. The Labute approximate surface area is 158 Å². The van der Waals surface area contributed by atoms with Gasteiger partial charge >= 0.3 is 0 Å². The molecule has 0 spiro atoms. The number of likely N-dealkylation sites (N-methyl/N-ethyl adjacent to an activating group) is 1. The van der Waals surface area contributed by atoms with Crippen LogP contribution in [0, 0.1) is 5.92 Å². The average Bonchev–Trinajstić information content (AvgIpc) is 3.20. The van der Waals surface area contributed by atoms with E-state index in [2.05, 4.69) is 12.2 Å². The lowest BCUT2D eigenvalue weighted by atomic mass is 10.0. The molecule has 6 nitrogen and oxygen atoms in total. The zero-order valence-electron chi connectivity index (χ0n) is 15.7. The maximum absolute atomic E-state index is 12.4. The quantitative estimate of drug-likeness (QED) is 0.849. The minimum Gasteiger partial charge on any atom is -0.484 e. The lowest BCUT2D eigenvalue weighted by molar-refractivity contribution is -0.132. The van der Waals surface area contributed by atoms with Crippen LogP contribution in [0.15, 0.2) is 34.7 Å². The molecule has 1 saturated carbocycles. The van der Waals surface area contributed by atoms with Gasteiger partial charge in [0.25, 0.3) is 5.91 Å². The largest absolute Gasteiger partial charge is 0.484 e. The van der Waals surface area contributed by atoms with Crippen molar-refractivity contribution in [1.29, 1.82) is 0 Å². The van der Waals surface area contributed by atoms with Crippen molar-refractivity contribution in [2.45, 2.75) is 38.6 Å². The van der Waals surface area contributed by atoms with Crippen LogP contribution in [0.3, 0.4) is 0 Å². The molecule has 6 heteroatoms. The number of anilines is 1. The SMILES string of the molecule is C[C@@H]1C[C@H]1c1ccc(CN(C)C(=O)COc2ccc3c(c2)CCC(=O)N3)o1. The third kappa shape index (κ3) is 3.99. The highest BCUT2D eigenvalue weighted by Crippen LogP contribution is 2.47. The Bertz CT molecular complexity index is 873. The maximum Gasteiger partial charge on any atom is 0.260 e. The van der Waals surface area contributed by atoms with E-state index in [9.17, 15) is 9.59 Å². The molecule has 1 N–H and O–H groups in total. The van der Waals surface area contributed by atoms with Crippen LogP contribution in [-0.4, -0.2) is 30.4 Å². The number of carbonyl (C=O) groups is 2. The number of ether oxygens (including phenoxy) is 1. The average molecular weight is 368 g/mol. The van der Waals surface area contributed by atoms with Crippen molar-refractivity contribution in [3.05, 3.63) is 47.4 Å². The molecule has 0 saturated heterocycles. The summed E-state index contributed by atoms with van der Waals surface area (Å²) in [7, 11) is 1.75. The van der Waals surface area contributed by atoms with E-state index in [1.54, 1.807) is 18.0 Å². The van der Waals surface area contributed by atoms with E-state index < -0.39 is 0 Å². The fourth-order valence-electron chi connectivity index (χ4n) is 3.42. The summed E-state index contributed by atoms with van der Waals surface area (Å²) in [4.78, 5) is 25.4. The van der Waals surface area contributed by atoms with Gasteiger partial charge in [-0.1, -0.05) is 6.92 Å². The standard InChI is InChI=1S/C21H24N2O4/c1-13-9-17(13)19-7-5-16(27-19)11-23(2)21(25)12-26-15-4-6-18-14(10-15)3-8-20(24)22-18/h4-7,10,13,17H,3,8-9,11-12H2,1-2H3,(H,22,24)/t13-,17-/m1/s1. The number of nitrogens with zero attached hydrogens (tertiary/aromatic N) is 1. The van der Waals surface area contributed by atoms with Crippen molar-refractivity contribution in [2.24, 2.45) is 5.92 Å². The monoisotopic (exact) mass is 368 g/mol. The second-order valence-electron chi connectivity index (χ2n) is 7.53. The Balaban J connectivity index is 1.30. The van der Waals surface area contributed by atoms with Crippen molar-refractivity contribution in [3.8, 4) is 5.75 Å². The molecule has 1 aromatic heterocycles. The smallest absolute Gasteiger partial charge is 0.260 e. The number of hydrogen-bond acceptors (Lipinski definition) is 4. The van der Waals surface area contributed by atoms with E-state index in [0.717, 1.165) is 22.8 Å². The topological polar surface area (TPSA) is 71.8 Å². The number of fused-ring (bicyclic) bond motifs is 1. The highest BCUT2D eigenvalue weighted by atomic mass is 16.5. The minimum atomic E-state index is -0.112. The summed E-state index contributed by atoms with van der Waals surface area (Å²) >= 11 is 0. The van der Waals surface area contributed by atoms with Gasteiger partial charge in [-0.15, -0.1) is 0 Å². The van der Waals surface area contributed by atoms with Crippen LogP contribution in [-0.2, 0) is 22.6 Å². The Kier molecular flexibility index (Phi) is 4.64. The molecule has 2 aliphatic rings. The molecule has 2 amide bonds. The van der Waals surface area contributed by atoms with Gasteiger partial charge in [0.15, 0.2) is 6.61 Å². The molecule has 0 unspecified atom stereocenters. The van der Waals surface area contributed by atoms with E-state index >= 15 is 0 Å². The lowest BCUT2D eigenvalue weighted by Crippen LogP contribution is -2.30. The third-order valence-corrected chi connectivity index (χ3v) is 5.31. The molecule has 2 heterocycles. The van der Waals surface area contributed by atoms with Gasteiger partial charge in [-0.05, 0) is 54.7 Å². The summed E-state index contributed by atoms with van der Waals surface area (Å²) in [5.74, 6) is 3.61. The van der Waals surface area contributed by atoms with Crippen LogP contribution in [0.4, 0.5) is 5.69 Å². The summed E-state index contributed by atoms with van der Waals surface area (Å²) in [6, 6.07) is 9.44. The first-order valence-corrected chi connectivity index (χ1v) is 9.38. The first-order valence-electron chi connectivity index (χ1n) is 9.38. The van der Waals surface area contributed by atoms with Crippen LogP contribution >= 0.6 is 0 Å². The molecule has 0 radical (unpaired) electrons. The Morgan fingerprint density at radius 3 is 2.89 bits per heavy atom. The van der Waals surface area contributed by atoms with E-state index in [1.165, 1.54) is 6.42 Å². The minimum absolute atomic E-state index is 0.0326.